The number of amides is 1. The Bertz CT molecular complexity index is 363. The molecule has 1 aromatic rings. The van der Waals surface area contributed by atoms with Gasteiger partial charge in [-0.05, 0) is 31.9 Å². The zero-order chi connectivity index (χ0) is 14.8. The number of carbonyl (C=O) groups excluding carboxylic acids is 1. The van der Waals surface area contributed by atoms with Crippen molar-refractivity contribution in [3.63, 3.8) is 0 Å². The molecule has 0 aliphatic rings. The molecule has 0 radical (unpaired) electrons. The van der Waals surface area contributed by atoms with Crippen LogP contribution >= 0.6 is 0 Å². The predicted molar refractivity (Wildman–Crippen MR) is 81.4 cm³/mol. The molecular weight excluding hydrogens is 252 g/mol. The summed E-state index contributed by atoms with van der Waals surface area (Å²) in [5, 5.41) is 6.33. The van der Waals surface area contributed by atoms with E-state index in [4.69, 9.17) is 4.42 Å². The normalized spacial score (nSPS) is 13.9. The summed E-state index contributed by atoms with van der Waals surface area (Å²) in [5.74, 6) is 0.806. The van der Waals surface area contributed by atoms with Crippen LogP contribution in [0.4, 0.5) is 0 Å². The van der Waals surface area contributed by atoms with E-state index in [1.54, 1.807) is 6.26 Å². The molecule has 114 valence electrons. The van der Waals surface area contributed by atoms with Gasteiger partial charge in [0.15, 0.2) is 0 Å². The fourth-order valence-corrected chi connectivity index (χ4v) is 2.28. The Hall–Kier alpha value is -1.29. The van der Waals surface area contributed by atoms with Crippen LogP contribution in [0.15, 0.2) is 22.8 Å². The lowest BCUT2D eigenvalue weighted by Crippen LogP contribution is -2.46. The summed E-state index contributed by atoms with van der Waals surface area (Å²) in [6.45, 7) is 6.75. The van der Waals surface area contributed by atoms with Crippen LogP contribution in [0.25, 0.3) is 0 Å². The van der Waals surface area contributed by atoms with Gasteiger partial charge in [0.2, 0.25) is 5.91 Å². The van der Waals surface area contributed by atoms with Crippen LogP contribution in [0.3, 0.4) is 0 Å². The van der Waals surface area contributed by atoms with Crippen molar-refractivity contribution in [1.82, 2.24) is 10.6 Å². The van der Waals surface area contributed by atoms with Crippen molar-refractivity contribution in [3.8, 4) is 0 Å². The van der Waals surface area contributed by atoms with Gasteiger partial charge in [0.05, 0.1) is 18.8 Å². The Kier molecular flexibility index (Phi) is 8.04. The van der Waals surface area contributed by atoms with Crippen molar-refractivity contribution < 1.29 is 9.21 Å². The van der Waals surface area contributed by atoms with Gasteiger partial charge in [-0.15, -0.1) is 0 Å². The number of hydrogen-bond acceptors (Lipinski definition) is 3. The second kappa shape index (κ2) is 9.59. The molecule has 1 heterocycles. The zero-order valence-electron chi connectivity index (χ0n) is 12.9. The standard InChI is InChI=1S/C16H28N2O2/c1-4-6-9-14(8-5-2)18-13(3)16(19)17-12-15-10-7-11-20-15/h7,10-11,13-14,18H,4-6,8-9,12H2,1-3H3,(H,17,19). The van der Waals surface area contributed by atoms with Gasteiger partial charge in [0.25, 0.3) is 0 Å². The van der Waals surface area contributed by atoms with Gasteiger partial charge in [0.1, 0.15) is 5.76 Å². The lowest BCUT2D eigenvalue weighted by Gasteiger charge is -2.22. The zero-order valence-corrected chi connectivity index (χ0v) is 12.9. The molecule has 2 N–H and O–H groups in total. The second-order valence-corrected chi connectivity index (χ2v) is 5.31. The van der Waals surface area contributed by atoms with Gasteiger partial charge in [-0.25, -0.2) is 0 Å². The first-order valence-electron chi connectivity index (χ1n) is 7.73. The highest BCUT2D eigenvalue weighted by Crippen LogP contribution is 2.08. The predicted octanol–water partition coefficient (Wildman–Crippen LogP) is 3.23. The van der Waals surface area contributed by atoms with Crippen LogP contribution in [0.1, 0.15) is 58.6 Å². The Labute approximate surface area is 122 Å². The van der Waals surface area contributed by atoms with E-state index in [0.717, 1.165) is 25.0 Å². The Balaban J connectivity index is 2.33. The summed E-state index contributed by atoms with van der Waals surface area (Å²) in [7, 11) is 0. The molecule has 0 spiro atoms. The molecule has 20 heavy (non-hydrogen) atoms. The molecule has 0 bridgehead atoms. The molecule has 0 aromatic carbocycles. The monoisotopic (exact) mass is 280 g/mol. The molecule has 2 unspecified atom stereocenters. The number of unbranched alkanes of at least 4 members (excludes halogenated alkanes) is 1. The van der Waals surface area contributed by atoms with E-state index in [1.165, 1.54) is 12.8 Å². The van der Waals surface area contributed by atoms with Gasteiger partial charge in [-0.1, -0.05) is 33.1 Å². The minimum Gasteiger partial charge on any atom is -0.467 e. The summed E-state index contributed by atoms with van der Waals surface area (Å²) in [5.41, 5.74) is 0. The third-order valence-corrected chi connectivity index (χ3v) is 3.44. The SMILES string of the molecule is CCCCC(CCC)NC(C)C(=O)NCc1ccco1. The minimum atomic E-state index is -0.168. The summed E-state index contributed by atoms with van der Waals surface area (Å²) in [6, 6.07) is 3.95. The van der Waals surface area contributed by atoms with E-state index in [1.807, 2.05) is 19.1 Å². The third-order valence-electron chi connectivity index (χ3n) is 3.44. The number of nitrogens with one attached hydrogen (secondary N) is 2. The highest BCUT2D eigenvalue weighted by Gasteiger charge is 2.17. The second-order valence-electron chi connectivity index (χ2n) is 5.31. The van der Waals surface area contributed by atoms with Gasteiger partial charge >= 0.3 is 0 Å². The Morgan fingerprint density at radius 3 is 2.70 bits per heavy atom. The molecule has 0 fully saturated rings. The first-order chi connectivity index (χ1) is 9.67. The fraction of sp³-hybridized carbons (Fsp3) is 0.688. The van der Waals surface area contributed by atoms with E-state index in [9.17, 15) is 4.79 Å². The van der Waals surface area contributed by atoms with Crippen LogP contribution in [-0.2, 0) is 11.3 Å². The van der Waals surface area contributed by atoms with Crippen molar-refractivity contribution in [2.24, 2.45) is 0 Å². The summed E-state index contributed by atoms with van der Waals surface area (Å²) < 4.78 is 5.20. The Morgan fingerprint density at radius 1 is 1.30 bits per heavy atom. The molecule has 4 heteroatoms. The van der Waals surface area contributed by atoms with E-state index in [0.29, 0.717) is 12.6 Å². The largest absolute Gasteiger partial charge is 0.467 e. The third kappa shape index (κ3) is 6.24. The molecule has 0 aliphatic heterocycles. The fourth-order valence-electron chi connectivity index (χ4n) is 2.28. The molecule has 0 saturated carbocycles. The minimum absolute atomic E-state index is 0.0269. The average Bonchev–Trinajstić information content (AvgIpc) is 2.95. The van der Waals surface area contributed by atoms with Crippen LogP contribution in [0.2, 0.25) is 0 Å². The smallest absolute Gasteiger partial charge is 0.237 e. The topological polar surface area (TPSA) is 54.3 Å². The van der Waals surface area contributed by atoms with Crippen LogP contribution in [0.5, 0.6) is 0 Å². The van der Waals surface area contributed by atoms with Gasteiger partial charge in [-0.3, -0.25) is 4.79 Å². The van der Waals surface area contributed by atoms with E-state index >= 15 is 0 Å². The van der Waals surface area contributed by atoms with Crippen molar-refractivity contribution in [3.05, 3.63) is 24.2 Å². The van der Waals surface area contributed by atoms with Crippen LogP contribution < -0.4 is 10.6 Å². The molecule has 0 aliphatic carbocycles. The molecule has 2 atom stereocenters. The highest BCUT2D eigenvalue weighted by molar-refractivity contribution is 5.81. The molecular formula is C16H28N2O2. The maximum absolute atomic E-state index is 12.0. The first kappa shape index (κ1) is 16.8. The van der Waals surface area contributed by atoms with Crippen LogP contribution in [0, 0.1) is 0 Å². The molecule has 1 rings (SSSR count). The Morgan fingerprint density at radius 2 is 2.10 bits per heavy atom. The summed E-state index contributed by atoms with van der Waals surface area (Å²) >= 11 is 0. The first-order valence-corrected chi connectivity index (χ1v) is 7.73. The maximum Gasteiger partial charge on any atom is 0.237 e. The molecule has 1 amide bonds. The summed E-state index contributed by atoms with van der Waals surface area (Å²) in [4.78, 5) is 12.0. The number of rotatable bonds is 10. The van der Waals surface area contributed by atoms with Crippen molar-refractivity contribution in [1.29, 1.82) is 0 Å². The number of hydrogen-bond donors (Lipinski definition) is 2. The van der Waals surface area contributed by atoms with Crippen molar-refractivity contribution >= 4 is 5.91 Å². The molecule has 0 saturated heterocycles. The quantitative estimate of drug-likeness (QED) is 0.692. The van der Waals surface area contributed by atoms with E-state index < -0.39 is 0 Å². The van der Waals surface area contributed by atoms with E-state index in [-0.39, 0.29) is 11.9 Å². The maximum atomic E-state index is 12.0. The lowest BCUT2D eigenvalue weighted by atomic mass is 10.0. The van der Waals surface area contributed by atoms with Gasteiger partial charge < -0.3 is 15.1 Å². The van der Waals surface area contributed by atoms with Crippen molar-refractivity contribution in [2.45, 2.75) is 71.5 Å². The van der Waals surface area contributed by atoms with Gasteiger partial charge in [0, 0.05) is 6.04 Å². The molecule has 4 nitrogen and oxygen atoms in total. The van der Waals surface area contributed by atoms with Crippen LogP contribution in [-0.4, -0.2) is 18.0 Å². The van der Waals surface area contributed by atoms with E-state index in [2.05, 4.69) is 24.5 Å². The molecule has 1 aromatic heterocycles. The highest BCUT2D eigenvalue weighted by atomic mass is 16.3. The lowest BCUT2D eigenvalue weighted by molar-refractivity contribution is -0.123. The van der Waals surface area contributed by atoms with Gasteiger partial charge in [-0.2, -0.15) is 0 Å². The number of furan rings is 1. The summed E-state index contributed by atoms with van der Waals surface area (Å²) in [6.07, 6.45) is 7.42. The average molecular weight is 280 g/mol. The number of carbonyl (C=O) groups is 1. The van der Waals surface area contributed by atoms with Crippen molar-refractivity contribution in [2.75, 3.05) is 0 Å².